The molecule has 25 heavy (non-hydrogen) atoms. The third-order valence-corrected chi connectivity index (χ3v) is 3.65. The Labute approximate surface area is 152 Å². The van der Waals surface area contributed by atoms with E-state index < -0.39 is 0 Å². The fourth-order valence-corrected chi connectivity index (χ4v) is 2.41. The van der Waals surface area contributed by atoms with Gasteiger partial charge in [0.15, 0.2) is 0 Å². The van der Waals surface area contributed by atoms with E-state index >= 15 is 0 Å². The van der Waals surface area contributed by atoms with Gasteiger partial charge in [-0.05, 0) is 29.3 Å². The van der Waals surface area contributed by atoms with Gasteiger partial charge in [0, 0.05) is 24.0 Å². The number of carbonyl (C=O) groups is 1. The maximum absolute atomic E-state index is 13.1. The molecule has 0 bridgehead atoms. The second-order valence-electron chi connectivity index (χ2n) is 5.49. The molecule has 5 heteroatoms. The monoisotopic (exact) mass is 356 g/mol. The number of nitrogens with one attached hydrogen (secondary N) is 1. The van der Waals surface area contributed by atoms with Gasteiger partial charge in [0.05, 0.1) is 6.42 Å². The molecule has 0 aliphatic heterocycles. The smallest absolute Gasteiger partial charge is 0.226 e. The summed E-state index contributed by atoms with van der Waals surface area (Å²) < 4.78 is 13.1. The molecule has 1 amide bonds. The van der Waals surface area contributed by atoms with Gasteiger partial charge in [0.25, 0.3) is 0 Å². The Hall–Kier alpha value is -2.72. The van der Waals surface area contributed by atoms with Gasteiger partial charge >= 0.3 is 0 Å². The van der Waals surface area contributed by atoms with E-state index in [0.717, 1.165) is 16.7 Å². The highest BCUT2D eigenvalue weighted by Crippen LogP contribution is 2.17. The van der Waals surface area contributed by atoms with E-state index in [1.54, 1.807) is 18.3 Å². The molecule has 0 aliphatic rings. The number of hydrogen-bond acceptors (Lipinski definition) is 2. The van der Waals surface area contributed by atoms with Gasteiger partial charge in [0.2, 0.25) is 5.91 Å². The summed E-state index contributed by atoms with van der Waals surface area (Å²) >= 11 is 0. The SMILES string of the molecule is Cl.O=C(Cc1ccc(-c2ccccc2)cn1)NCc1cccc(F)c1. The predicted octanol–water partition coefficient (Wildman–Crippen LogP) is 4.17. The molecule has 0 saturated heterocycles. The number of rotatable bonds is 5. The second-order valence-corrected chi connectivity index (χ2v) is 5.49. The molecule has 0 aliphatic carbocycles. The highest BCUT2D eigenvalue weighted by Gasteiger charge is 2.06. The Balaban J connectivity index is 0.00000225. The van der Waals surface area contributed by atoms with Crippen LogP contribution in [0.25, 0.3) is 11.1 Å². The van der Waals surface area contributed by atoms with Crippen LogP contribution < -0.4 is 5.32 Å². The van der Waals surface area contributed by atoms with Gasteiger partial charge in [-0.25, -0.2) is 4.39 Å². The van der Waals surface area contributed by atoms with Crippen molar-refractivity contribution < 1.29 is 9.18 Å². The van der Waals surface area contributed by atoms with Gasteiger partial charge in [-0.3, -0.25) is 9.78 Å². The van der Waals surface area contributed by atoms with Crippen molar-refractivity contribution in [3.8, 4) is 11.1 Å². The molecule has 1 heterocycles. The lowest BCUT2D eigenvalue weighted by molar-refractivity contribution is -0.120. The number of halogens is 2. The topological polar surface area (TPSA) is 42.0 Å². The zero-order valence-electron chi connectivity index (χ0n) is 13.5. The van der Waals surface area contributed by atoms with Crippen LogP contribution in [0.5, 0.6) is 0 Å². The maximum atomic E-state index is 13.1. The van der Waals surface area contributed by atoms with Crippen molar-refractivity contribution in [3.05, 3.63) is 90.0 Å². The third kappa shape index (κ3) is 5.40. The summed E-state index contributed by atoms with van der Waals surface area (Å²) in [7, 11) is 0. The number of hydrogen-bond donors (Lipinski definition) is 1. The van der Waals surface area contributed by atoms with E-state index in [1.807, 2.05) is 42.5 Å². The van der Waals surface area contributed by atoms with Crippen molar-refractivity contribution in [3.63, 3.8) is 0 Å². The quantitative estimate of drug-likeness (QED) is 0.745. The Bertz CT molecular complexity index is 823. The van der Waals surface area contributed by atoms with Crippen LogP contribution in [0, 0.1) is 5.82 Å². The van der Waals surface area contributed by atoms with Gasteiger partial charge in [-0.2, -0.15) is 0 Å². The van der Waals surface area contributed by atoms with Crippen LogP contribution in [0.1, 0.15) is 11.3 Å². The molecule has 3 rings (SSSR count). The number of carbonyl (C=O) groups excluding carboxylic acids is 1. The van der Waals surface area contributed by atoms with Crippen molar-refractivity contribution in [2.24, 2.45) is 0 Å². The molecule has 0 saturated carbocycles. The van der Waals surface area contributed by atoms with Gasteiger partial charge in [-0.15, -0.1) is 12.4 Å². The molecule has 1 N–H and O–H groups in total. The molecule has 3 nitrogen and oxygen atoms in total. The molecular formula is C20H18ClFN2O. The predicted molar refractivity (Wildman–Crippen MR) is 98.9 cm³/mol. The first-order valence-electron chi connectivity index (χ1n) is 7.72. The molecule has 0 radical (unpaired) electrons. The van der Waals surface area contributed by atoms with E-state index in [1.165, 1.54) is 12.1 Å². The van der Waals surface area contributed by atoms with Crippen LogP contribution in [-0.4, -0.2) is 10.9 Å². The first-order valence-corrected chi connectivity index (χ1v) is 7.72. The number of aromatic nitrogens is 1. The van der Waals surface area contributed by atoms with Crippen molar-refractivity contribution in [2.45, 2.75) is 13.0 Å². The highest BCUT2D eigenvalue weighted by molar-refractivity contribution is 5.85. The molecular weight excluding hydrogens is 339 g/mol. The van der Waals surface area contributed by atoms with E-state index in [-0.39, 0.29) is 30.6 Å². The average molecular weight is 357 g/mol. The summed E-state index contributed by atoms with van der Waals surface area (Å²) in [5.74, 6) is -0.445. The summed E-state index contributed by atoms with van der Waals surface area (Å²) in [6.07, 6.45) is 1.97. The number of amides is 1. The van der Waals surface area contributed by atoms with E-state index in [2.05, 4.69) is 10.3 Å². The molecule has 0 unspecified atom stereocenters. The summed E-state index contributed by atoms with van der Waals surface area (Å²) in [6.45, 7) is 0.304. The average Bonchev–Trinajstić information content (AvgIpc) is 2.61. The number of pyridine rings is 1. The molecule has 0 atom stereocenters. The largest absolute Gasteiger partial charge is 0.352 e. The Morgan fingerprint density at radius 1 is 0.960 bits per heavy atom. The van der Waals surface area contributed by atoms with Crippen LogP contribution in [0.3, 0.4) is 0 Å². The lowest BCUT2D eigenvalue weighted by atomic mass is 10.1. The highest BCUT2D eigenvalue weighted by atomic mass is 35.5. The Morgan fingerprint density at radius 2 is 1.76 bits per heavy atom. The zero-order chi connectivity index (χ0) is 16.8. The molecule has 0 spiro atoms. The normalized spacial score (nSPS) is 9.96. The Kier molecular flexibility index (Phi) is 6.66. The minimum Gasteiger partial charge on any atom is -0.352 e. The number of benzene rings is 2. The molecule has 1 aromatic heterocycles. The van der Waals surface area contributed by atoms with Crippen molar-refractivity contribution >= 4 is 18.3 Å². The third-order valence-electron chi connectivity index (χ3n) is 3.65. The number of nitrogens with zero attached hydrogens (tertiary/aromatic N) is 1. The molecule has 2 aromatic carbocycles. The molecule has 3 aromatic rings. The van der Waals surface area contributed by atoms with Gasteiger partial charge < -0.3 is 5.32 Å². The lowest BCUT2D eigenvalue weighted by Gasteiger charge is -2.06. The zero-order valence-corrected chi connectivity index (χ0v) is 14.3. The Morgan fingerprint density at radius 3 is 2.44 bits per heavy atom. The summed E-state index contributed by atoms with van der Waals surface area (Å²) in [5, 5.41) is 2.78. The summed E-state index contributed by atoms with van der Waals surface area (Å²) in [5.41, 5.74) is 3.54. The second kappa shape index (κ2) is 8.94. The van der Waals surface area contributed by atoms with Crippen molar-refractivity contribution in [2.75, 3.05) is 0 Å². The van der Waals surface area contributed by atoms with Crippen molar-refractivity contribution in [1.29, 1.82) is 0 Å². The van der Waals surface area contributed by atoms with Crippen LogP contribution in [0.2, 0.25) is 0 Å². The summed E-state index contributed by atoms with van der Waals surface area (Å²) in [6, 6.07) is 19.9. The van der Waals surface area contributed by atoms with Crippen LogP contribution in [0.4, 0.5) is 4.39 Å². The molecule has 0 fully saturated rings. The van der Waals surface area contributed by atoms with Gasteiger partial charge in [0.1, 0.15) is 5.82 Å². The summed E-state index contributed by atoms with van der Waals surface area (Å²) in [4.78, 5) is 16.3. The van der Waals surface area contributed by atoms with Gasteiger partial charge in [-0.1, -0.05) is 48.5 Å². The fourth-order valence-electron chi connectivity index (χ4n) is 2.41. The standard InChI is InChI=1S/C20H17FN2O.ClH/c21-18-8-4-5-15(11-18)13-23-20(24)12-19-10-9-17(14-22-19)16-6-2-1-3-7-16;/h1-11,14H,12-13H2,(H,23,24);1H. The van der Waals surface area contributed by atoms with Crippen molar-refractivity contribution in [1.82, 2.24) is 10.3 Å². The maximum Gasteiger partial charge on any atom is 0.226 e. The minimum absolute atomic E-state index is 0. The minimum atomic E-state index is -0.306. The van der Waals surface area contributed by atoms with Crippen LogP contribution in [-0.2, 0) is 17.8 Å². The van der Waals surface area contributed by atoms with E-state index in [9.17, 15) is 9.18 Å². The lowest BCUT2D eigenvalue weighted by Crippen LogP contribution is -2.24. The first kappa shape index (κ1) is 18.6. The molecule has 128 valence electrons. The fraction of sp³-hybridized carbons (Fsp3) is 0.100. The van der Waals surface area contributed by atoms with Crippen LogP contribution >= 0.6 is 12.4 Å². The first-order chi connectivity index (χ1) is 11.7. The van der Waals surface area contributed by atoms with E-state index in [4.69, 9.17) is 0 Å². The van der Waals surface area contributed by atoms with Crippen LogP contribution in [0.15, 0.2) is 72.9 Å². The van der Waals surface area contributed by atoms with E-state index in [0.29, 0.717) is 12.2 Å².